The number of H-pyrrole nitrogens is 1. The topological polar surface area (TPSA) is 61.0 Å². The van der Waals surface area contributed by atoms with Crippen molar-refractivity contribution in [2.45, 2.75) is 33.1 Å². The van der Waals surface area contributed by atoms with E-state index in [2.05, 4.69) is 32.5 Å². The van der Waals surface area contributed by atoms with Crippen LogP contribution < -0.4 is 10.2 Å². The van der Waals surface area contributed by atoms with E-state index in [0.717, 1.165) is 30.2 Å². The van der Waals surface area contributed by atoms with Crippen LogP contribution >= 0.6 is 0 Å². The van der Waals surface area contributed by atoms with Gasteiger partial charge in [0.15, 0.2) is 0 Å². The van der Waals surface area contributed by atoms with Gasteiger partial charge in [0.25, 0.3) is 5.91 Å². The first kappa shape index (κ1) is 14.6. The van der Waals surface area contributed by atoms with Crippen LogP contribution in [0.2, 0.25) is 0 Å². The Bertz CT molecular complexity index is 634. The average Bonchev–Trinajstić information content (AvgIpc) is 2.88. The third-order valence-corrected chi connectivity index (χ3v) is 4.20. The number of hydrogen-bond acceptors (Lipinski definition) is 3. The average molecular weight is 298 g/mol. The highest BCUT2D eigenvalue weighted by Gasteiger charge is 2.15. The van der Waals surface area contributed by atoms with E-state index in [1.807, 2.05) is 26.0 Å². The molecule has 0 bridgehead atoms. The Balaban J connectivity index is 1.69. The Hall–Kier alpha value is -2.30. The smallest absolute Gasteiger partial charge is 0.259 e. The maximum atomic E-state index is 12.3. The predicted molar refractivity (Wildman–Crippen MR) is 88.5 cm³/mol. The van der Waals surface area contributed by atoms with Gasteiger partial charge in [-0.25, -0.2) is 0 Å². The molecule has 1 aliphatic heterocycles. The fourth-order valence-electron chi connectivity index (χ4n) is 2.99. The maximum absolute atomic E-state index is 12.3. The van der Waals surface area contributed by atoms with Crippen LogP contribution in [0.25, 0.3) is 0 Å². The number of nitrogens with one attached hydrogen (secondary N) is 2. The molecule has 1 aliphatic rings. The molecule has 0 spiro atoms. The lowest BCUT2D eigenvalue weighted by Crippen LogP contribution is -2.29. The number of aromatic nitrogens is 2. The second-order valence-corrected chi connectivity index (χ2v) is 5.86. The molecule has 1 saturated heterocycles. The molecular weight excluding hydrogens is 276 g/mol. The molecule has 1 fully saturated rings. The minimum Gasteiger partial charge on any atom is -0.372 e. The fraction of sp³-hybridized carbons (Fsp3) is 0.412. The lowest BCUT2D eigenvalue weighted by Gasteiger charge is -2.28. The molecule has 116 valence electrons. The van der Waals surface area contributed by atoms with Crippen LogP contribution in [0.15, 0.2) is 24.3 Å². The van der Waals surface area contributed by atoms with E-state index < -0.39 is 0 Å². The number of nitrogens with zero attached hydrogens (tertiary/aromatic N) is 2. The zero-order valence-corrected chi connectivity index (χ0v) is 13.1. The standard InChI is InChI=1S/C17H22N4O/c1-12-16(13(2)20-19-12)17(22)18-14-6-8-15(9-7-14)21-10-4-3-5-11-21/h6-9H,3-5,10-11H2,1-2H3,(H,18,22)(H,19,20). The summed E-state index contributed by atoms with van der Waals surface area (Å²) in [5, 5.41) is 9.84. The molecule has 0 atom stereocenters. The van der Waals surface area contributed by atoms with Gasteiger partial charge in [0, 0.05) is 30.2 Å². The van der Waals surface area contributed by atoms with Crippen LogP contribution in [0.1, 0.15) is 41.0 Å². The zero-order chi connectivity index (χ0) is 15.5. The number of piperidine rings is 1. The van der Waals surface area contributed by atoms with Crippen molar-refractivity contribution < 1.29 is 4.79 Å². The predicted octanol–water partition coefficient (Wildman–Crippen LogP) is 3.27. The highest BCUT2D eigenvalue weighted by molar-refractivity contribution is 6.05. The SMILES string of the molecule is Cc1n[nH]c(C)c1C(=O)Nc1ccc(N2CCCCC2)cc1. The largest absolute Gasteiger partial charge is 0.372 e. The molecule has 0 unspecified atom stereocenters. The molecule has 2 N–H and O–H groups in total. The number of carbonyl (C=O) groups excluding carboxylic acids is 1. The van der Waals surface area contributed by atoms with Crippen molar-refractivity contribution in [1.82, 2.24) is 10.2 Å². The first-order chi connectivity index (χ1) is 10.6. The highest BCUT2D eigenvalue weighted by atomic mass is 16.1. The molecule has 1 amide bonds. The molecule has 0 radical (unpaired) electrons. The van der Waals surface area contributed by atoms with Gasteiger partial charge in [0.2, 0.25) is 0 Å². The second kappa shape index (κ2) is 6.22. The summed E-state index contributed by atoms with van der Waals surface area (Å²) in [6, 6.07) is 8.09. The third kappa shape index (κ3) is 2.98. The zero-order valence-electron chi connectivity index (χ0n) is 13.1. The minimum atomic E-state index is -0.116. The quantitative estimate of drug-likeness (QED) is 0.914. The molecule has 2 heterocycles. The second-order valence-electron chi connectivity index (χ2n) is 5.86. The Kier molecular flexibility index (Phi) is 4.13. The van der Waals surface area contributed by atoms with Crippen LogP contribution in [-0.2, 0) is 0 Å². The van der Waals surface area contributed by atoms with Crippen molar-refractivity contribution in [2.24, 2.45) is 0 Å². The van der Waals surface area contributed by atoms with E-state index in [1.165, 1.54) is 24.9 Å². The summed E-state index contributed by atoms with van der Waals surface area (Å²) in [7, 11) is 0. The molecule has 5 nitrogen and oxygen atoms in total. The van der Waals surface area contributed by atoms with E-state index in [4.69, 9.17) is 0 Å². The van der Waals surface area contributed by atoms with Gasteiger partial charge in [-0.2, -0.15) is 5.10 Å². The van der Waals surface area contributed by atoms with Crippen molar-refractivity contribution in [3.05, 3.63) is 41.2 Å². The number of aryl methyl sites for hydroxylation is 2. The normalized spacial score (nSPS) is 14.9. The minimum absolute atomic E-state index is 0.116. The van der Waals surface area contributed by atoms with Gasteiger partial charge in [0.1, 0.15) is 0 Å². The monoisotopic (exact) mass is 298 g/mol. The summed E-state index contributed by atoms with van der Waals surface area (Å²) < 4.78 is 0. The van der Waals surface area contributed by atoms with Crippen LogP contribution in [-0.4, -0.2) is 29.2 Å². The number of anilines is 2. The maximum Gasteiger partial charge on any atom is 0.259 e. The molecule has 5 heteroatoms. The van der Waals surface area contributed by atoms with Crippen LogP contribution in [0, 0.1) is 13.8 Å². The number of aromatic amines is 1. The molecule has 1 aromatic carbocycles. The van der Waals surface area contributed by atoms with Crippen LogP contribution in [0.4, 0.5) is 11.4 Å². The van der Waals surface area contributed by atoms with Gasteiger partial charge < -0.3 is 10.2 Å². The first-order valence-corrected chi connectivity index (χ1v) is 7.83. The number of rotatable bonds is 3. The Morgan fingerprint density at radius 3 is 2.41 bits per heavy atom. The Labute approximate surface area is 130 Å². The molecular formula is C17H22N4O. The summed E-state index contributed by atoms with van der Waals surface area (Å²) in [6.07, 6.45) is 3.85. The number of amides is 1. The summed E-state index contributed by atoms with van der Waals surface area (Å²) >= 11 is 0. The molecule has 22 heavy (non-hydrogen) atoms. The van der Waals surface area contributed by atoms with Gasteiger partial charge in [-0.05, 0) is 57.4 Å². The number of hydrogen-bond donors (Lipinski definition) is 2. The molecule has 0 aliphatic carbocycles. The number of benzene rings is 1. The van der Waals surface area contributed by atoms with Crippen molar-refractivity contribution in [2.75, 3.05) is 23.3 Å². The summed E-state index contributed by atoms with van der Waals surface area (Å²) in [5.41, 5.74) is 4.18. The van der Waals surface area contributed by atoms with Gasteiger partial charge >= 0.3 is 0 Å². The Morgan fingerprint density at radius 2 is 1.82 bits per heavy atom. The van der Waals surface area contributed by atoms with Gasteiger partial charge in [-0.3, -0.25) is 9.89 Å². The van der Waals surface area contributed by atoms with E-state index in [0.29, 0.717) is 5.56 Å². The van der Waals surface area contributed by atoms with E-state index in [-0.39, 0.29) is 5.91 Å². The Morgan fingerprint density at radius 1 is 1.14 bits per heavy atom. The van der Waals surface area contributed by atoms with E-state index in [9.17, 15) is 4.79 Å². The molecule has 3 rings (SSSR count). The van der Waals surface area contributed by atoms with Gasteiger partial charge in [0.05, 0.1) is 11.3 Å². The van der Waals surface area contributed by atoms with Crippen molar-refractivity contribution in [3.8, 4) is 0 Å². The lowest BCUT2D eigenvalue weighted by atomic mass is 10.1. The van der Waals surface area contributed by atoms with Crippen molar-refractivity contribution >= 4 is 17.3 Å². The number of carbonyl (C=O) groups is 1. The summed E-state index contributed by atoms with van der Waals surface area (Å²) in [6.45, 7) is 5.93. The van der Waals surface area contributed by atoms with E-state index >= 15 is 0 Å². The third-order valence-electron chi connectivity index (χ3n) is 4.20. The molecule has 2 aromatic rings. The first-order valence-electron chi connectivity index (χ1n) is 7.83. The van der Waals surface area contributed by atoms with Crippen LogP contribution in [0.3, 0.4) is 0 Å². The molecule has 0 saturated carbocycles. The van der Waals surface area contributed by atoms with Gasteiger partial charge in [-0.15, -0.1) is 0 Å². The summed E-state index contributed by atoms with van der Waals surface area (Å²) in [4.78, 5) is 14.7. The molecule has 1 aromatic heterocycles. The van der Waals surface area contributed by atoms with Gasteiger partial charge in [-0.1, -0.05) is 0 Å². The van der Waals surface area contributed by atoms with Crippen molar-refractivity contribution in [3.63, 3.8) is 0 Å². The van der Waals surface area contributed by atoms with E-state index in [1.54, 1.807) is 0 Å². The lowest BCUT2D eigenvalue weighted by molar-refractivity contribution is 0.102. The van der Waals surface area contributed by atoms with Crippen molar-refractivity contribution in [1.29, 1.82) is 0 Å². The highest BCUT2D eigenvalue weighted by Crippen LogP contribution is 2.22. The fourth-order valence-corrected chi connectivity index (χ4v) is 2.99. The summed E-state index contributed by atoms with van der Waals surface area (Å²) in [5.74, 6) is -0.116. The van der Waals surface area contributed by atoms with Crippen LogP contribution in [0.5, 0.6) is 0 Å².